The number of amides is 1. The molecule has 2 aliphatic heterocycles. The molecule has 1 saturated heterocycles. The minimum absolute atomic E-state index is 0.0266. The average Bonchev–Trinajstić information content (AvgIpc) is 2.80. The van der Waals surface area contributed by atoms with Crippen LogP contribution in [0.3, 0.4) is 0 Å². The number of hydrogen-bond acceptors (Lipinski definition) is 5. The van der Waals surface area contributed by atoms with Gasteiger partial charge in [0.2, 0.25) is 0 Å². The van der Waals surface area contributed by atoms with E-state index in [0.29, 0.717) is 38.4 Å². The first-order valence-electron chi connectivity index (χ1n) is 8.12. The van der Waals surface area contributed by atoms with Gasteiger partial charge < -0.3 is 25.4 Å². The van der Waals surface area contributed by atoms with Crippen LogP contribution in [0.1, 0.15) is 36.2 Å². The van der Waals surface area contributed by atoms with Crippen LogP contribution in [0.25, 0.3) is 0 Å². The Morgan fingerprint density at radius 1 is 1.30 bits per heavy atom. The second-order valence-electron chi connectivity index (χ2n) is 6.96. The van der Waals surface area contributed by atoms with E-state index in [1.807, 2.05) is 12.1 Å². The van der Waals surface area contributed by atoms with Gasteiger partial charge in [0, 0.05) is 31.7 Å². The van der Waals surface area contributed by atoms with E-state index in [1.54, 1.807) is 18.7 Å². The maximum atomic E-state index is 12.6. The fourth-order valence-corrected chi connectivity index (χ4v) is 3.10. The molecule has 1 amide bonds. The molecule has 3 N–H and O–H groups in total. The molecule has 0 atom stereocenters. The van der Waals surface area contributed by atoms with Crippen LogP contribution < -0.4 is 10.6 Å². The van der Waals surface area contributed by atoms with Gasteiger partial charge in [-0.1, -0.05) is 0 Å². The summed E-state index contributed by atoms with van der Waals surface area (Å²) in [7, 11) is 0. The molecule has 1 aromatic carbocycles. The first kappa shape index (κ1) is 16.1. The van der Waals surface area contributed by atoms with E-state index in [0.717, 1.165) is 29.9 Å². The molecule has 0 spiro atoms. The number of carbonyl (C=O) groups is 1. The predicted molar refractivity (Wildman–Crippen MR) is 89.5 cm³/mol. The van der Waals surface area contributed by atoms with Gasteiger partial charge in [-0.05, 0) is 38.0 Å². The Kier molecular flexibility index (Phi) is 4.21. The Balaban J connectivity index is 1.79. The second-order valence-corrected chi connectivity index (χ2v) is 6.96. The molecule has 2 aliphatic rings. The van der Waals surface area contributed by atoms with Crippen molar-refractivity contribution in [2.75, 3.05) is 43.5 Å². The Hall–Kier alpha value is -1.79. The molecule has 0 aromatic heterocycles. The van der Waals surface area contributed by atoms with Gasteiger partial charge in [0.1, 0.15) is 0 Å². The lowest BCUT2D eigenvalue weighted by Gasteiger charge is -2.30. The maximum absolute atomic E-state index is 12.6. The van der Waals surface area contributed by atoms with Crippen LogP contribution in [-0.4, -0.2) is 54.4 Å². The number of hydrogen-bond donors (Lipinski definition) is 2. The molecule has 126 valence electrons. The lowest BCUT2D eigenvalue weighted by molar-refractivity contribution is 0.0517. The highest BCUT2D eigenvalue weighted by molar-refractivity contribution is 6.00. The first-order valence-corrected chi connectivity index (χ1v) is 8.12. The fourth-order valence-electron chi connectivity index (χ4n) is 3.10. The van der Waals surface area contributed by atoms with E-state index in [4.69, 9.17) is 10.5 Å². The van der Waals surface area contributed by atoms with Crippen molar-refractivity contribution in [2.24, 2.45) is 0 Å². The standard InChI is InChI=1S/C17H25N3O3/c1-17(2,22)3-4-20-11-12-9-14(18)15(10-13(12)16(20)21)19-5-7-23-8-6-19/h9-10,22H,3-8,11,18H2,1-2H3. The summed E-state index contributed by atoms with van der Waals surface area (Å²) in [4.78, 5) is 16.6. The average molecular weight is 319 g/mol. The fraction of sp³-hybridized carbons (Fsp3) is 0.588. The van der Waals surface area contributed by atoms with Crippen LogP contribution in [0, 0.1) is 0 Å². The normalized spacial score (nSPS) is 18.5. The van der Waals surface area contributed by atoms with Gasteiger partial charge in [0.15, 0.2) is 0 Å². The van der Waals surface area contributed by atoms with Gasteiger partial charge in [-0.15, -0.1) is 0 Å². The van der Waals surface area contributed by atoms with E-state index < -0.39 is 5.60 Å². The van der Waals surface area contributed by atoms with Crippen molar-refractivity contribution >= 4 is 17.3 Å². The Labute approximate surface area is 136 Å². The number of nitrogens with two attached hydrogens (primary N) is 1. The number of ether oxygens (including phenoxy) is 1. The van der Waals surface area contributed by atoms with Crippen LogP contribution in [0.4, 0.5) is 11.4 Å². The SMILES string of the molecule is CC(C)(O)CCN1Cc2cc(N)c(N3CCOCC3)cc2C1=O. The number of rotatable bonds is 4. The number of benzene rings is 1. The van der Waals surface area contributed by atoms with Crippen molar-refractivity contribution in [3.63, 3.8) is 0 Å². The van der Waals surface area contributed by atoms with Crippen molar-refractivity contribution in [1.82, 2.24) is 4.90 Å². The van der Waals surface area contributed by atoms with Crippen molar-refractivity contribution in [3.8, 4) is 0 Å². The Bertz CT molecular complexity index is 604. The van der Waals surface area contributed by atoms with E-state index in [1.165, 1.54) is 0 Å². The third kappa shape index (κ3) is 3.43. The third-order valence-corrected chi connectivity index (χ3v) is 4.48. The monoisotopic (exact) mass is 319 g/mol. The van der Waals surface area contributed by atoms with Crippen LogP contribution >= 0.6 is 0 Å². The Morgan fingerprint density at radius 2 is 2.00 bits per heavy atom. The lowest BCUT2D eigenvalue weighted by atomic mass is 10.1. The topological polar surface area (TPSA) is 79.0 Å². The molecule has 3 rings (SSSR count). The molecule has 1 aromatic rings. The van der Waals surface area contributed by atoms with E-state index in [9.17, 15) is 9.90 Å². The minimum Gasteiger partial charge on any atom is -0.397 e. The highest BCUT2D eigenvalue weighted by Gasteiger charge is 2.30. The quantitative estimate of drug-likeness (QED) is 0.816. The molecule has 6 nitrogen and oxygen atoms in total. The minimum atomic E-state index is -0.771. The highest BCUT2D eigenvalue weighted by atomic mass is 16.5. The number of fused-ring (bicyclic) bond motifs is 1. The summed E-state index contributed by atoms with van der Waals surface area (Å²) in [5, 5.41) is 9.86. The van der Waals surface area contributed by atoms with Crippen molar-refractivity contribution in [1.29, 1.82) is 0 Å². The molecule has 6 heteroatoms. The van der Waals surface area contributed by atoms with E-state index in [-0.39, 0.29) is 5.91 Å². The third-order valence-electron chi connectivity index (χ3n) is 4.48. The van der Waals surface area contributed by atoms with Crippen LogP contribution in [0.2, 0.25) is 0 Å². The zero-order chi connectivity index (χ0) is 16.6. The molecule has 1 fully saturated rings. The van der Waals surface area contributed by atoms with Crippen LogP contribution in [0.5, 0.6) is 0 Å². The van der Waals surface area contributed by atoms with Crippen LogP contribution in [-0.2, 0) is 11.3 Å². The smallest absolute Gasteiger partial charge is 0.254 e. The van der Waals surface area contributed by atoms with Gasteiger partial charge in [-0.2, -0.15) is 0 Å². The largest absolute Gasteiger partial charge is 0.397 e. The van der Waals surface area contributed by atoms with Gasteiger partial charge >= 0.3 is 0 Å². The summed E-state index contributed by atoms with van der Waals surface area (Å²) >= 11 is 0. The second kappa shape index (κ2) is 6.02. The van der Waals surface area contributed by atoms with Crippen molar-refractivity contribution in [3.05, 3.63) is 23.3 Å². The molecule has 0 radical (unpaired) electrons. The first-order chi connectivity index (χ1) is 10.8. The van der Waals surface area contributed by atoms with Gasteiger partial charge in [0.25, 0.3) is 5.91 Å². The molecule has 0 unspecified atom stereocenters. The highest BCUT2D eigenvalue weighted by Crippen LogP contribution is 2.33. The van der Waals surface area contributed by atoms with Gasteiger partial charge in [0.05, 0.1) is 30.2 Å². The molecule has 2 heterocycles. The number of aliphatic hydroxyl groups is 1. The number of anilines is 2. The summed E-state index contributed by atoms with van der Waals surface area (Å²) in [6.45, 7) is 7.58. The summed E-state index contributed by atoms with van der Waals surface area (Å²) in [6, 6.07) is 3.84. The molecule has 23 heavy (non-hydrogen) atoms. The van der Waals surface area contributed by atoms with Gasteiger partial charge in [-0.25, -0.2) is 0 Å². The number of nitrogen functional groups attached to an aromatic ring is 1. The number of nitrogens with zero attached hydrogens (tertiary/aromatic N) is 2. The molecular weight excluding hydrogens is 294 g/mol. The summed E-state index contributed by atoms with van der Waals surface area (Å²) in [5.41, 5.74) is 8.77. The Morgan fingerprint density at radius 3 is 2.65 bits per heavy atom. The molecular formula is C17H25N3O3. The van der Waals surface area contributed by atoms with Gasteiger partial charge in [-0.3, -0.25) is 4.79 Å². The summed E-state index contributed by atoms with van der Waals surface area (Å²) in [6.07, 6.45) is 0.554. The zero-order valence-corrected chi connectivity index (χ0v) is 13.8. The van der Waals surface area contributed by atoms with Crippen molar-refractivity contribution in [2.45, 2.75) is 32.4 Å². The zero-order valence-electron chi connectivity index (χ0n) is 13.8. The summed E-state index contributed by atoms with van der Waals surface area (Å²) < 4.78 is 5.37. The number of morpholine rings is 1. The van der Waals surface area contributed by atoms with Crippen LogP contribution in [0.15, 0.2) is 12.1 Å². The number of carbonyl (C=O) groups excluding carboxylic acids is 1. The van der Waals surface area contributed by atoms with E-state index >= 15 is 0 Å². The van der Waals surface area contributed by atoms with E-state index in [2.05, 4.69) is 4.90 Å². The van der Waals surface area contributed by atoms with Crippen molar-refractivity contribution < 1.29 is 14.6 Å². The molecule has 0 aliphatic carbocycles. The predicted octanol–water partition coefficient (Wildman–Crippen LogP) is 1.22. The maximum Gasteiger partial charge on any atom is 0.254 e. The lowest BCUT2D eigenvalue weighted by Crippen LogP contribution is -2.36. The molecule has 0 bridgehead atoms. The summed E-state index contributed by atoms with van der Waals surface area (Å²) in [5.74, 6) is 0.0266. The molecule has 0 saturated carbocycles.